The lowest BCUT2D eigenvalue weighted by atomic mass is 9.98. The van der Waals surface area contributed by atoms with Gasteiger partial charge in [-0.1, -0.05) is 74.1 Å². The highest BCUT2D eigenvalue weighted by Crippen LogP contribution is 2.22. The Bertz CT molecular complexity index is 3300. The molecule has 7 atom stereocenters. The van der Waals surface area contributed by atoms with Crippen LogP contribution in [0.15, 0.2) is 18.3 Å². The minimum Gasteiger partial charge on any atom is -0.462 e. The molecule has 1 aromatic heterocycles. The van der Waals surface area contributed by atoms with Crippen molar-refractivity contribution in [1.82, 2.24) is 63.5 Å². The number of primary amides is 1. The van der Waals surface area contributed by atoms with Crippen LogP contribution in [0.25, 0.3) is 0 Å². The molecule has 13 amide bonds. The zero-order valence-corrected chi connectivity index (χ0v) is 73.9. The lowest BCUT2D eigenvalue weighted by Gasteiger charge is -2.31. The van der Waals surface area contributed by atoms with E-state index in [1.807, 2.05) is 20.8 Å². The first-order valence-electron chi connectivity index (χ1n) is 42.2. The van der Waals surface area contributed by atoms with Crippen LogP contribution in [0.2, 0.25) is 0 Å². The number of hydrogen-bond donors (Lipinski definition) is 12. The van der Waals surface area contributed by atoms with Gasteiger partial charge >= 0.3 is 24.1 Å². The predicted octanol–water partition coefficient (Wildman–Crippen LogP) is 5.09. The molecule has 36 nitrogen and oxygen atoms in total. The number of hydrogen-bond acceptors (Lipinski definition) is 23. The smallest absolute Gasteiger partial charge is 0.416 e. The van der Waals surface area contributed by atoms with Gasteiger partial charge in [0.2, 0.25) is 59.1 Å². The fourth-order valence-electron chi connectivity index (χ4n) is 12.1. The molecule has 1 saturated carbocycles. The van der Waals surface area contributed by atoms with Crippen molar-refractivity contribution >= 4 is 89.0 Å². The van der Waals surface area contributed by atoms with Crippen LogP contribution in [0.3, 0.4) is 0 Å². The number of nitrogens with zero attached hydrogens (tertiary/aromatic N) is 2. The van der Waals surface area contributed by atoms with Gasteiger partial charge in [-0.3, -0.25) is 62.4 Å². The van der Waals surface area contributed by atoms with Crippen LogP contribution in [-0.4, -0.2) is 246 Å². The molecule has 1 heterocycles. The number of aromatic nitrogens is 1. The van der Waals surface area contributed by atoms with E-state index in [2.05, 4.69) is 63.5 Å². The molecule has 1 fully saturated rings. The molecule has 0 unspecified atom stereocenters. The summed E-state index contributed by atoms with van der Waals surface area (Å²) in [5.74, 6) is -8.97. The van der Waals surface area contributed by atoms with Crippen LogP contribution in [0.1, 0.15) is 238 Å². The fraction of sp³-hybridized carbons (Fsp3) is 0.771. The van der Waals surface area contributed by atoms with Gasteiger partial charge in [0, 0.05) is 32.3 Å². The van der Waals surface area contributed by atoms with Crippen molar-refractivity contribution in [2.75, 3.05) is 97.1 Å². The number of nitrogens with one attached hydrogen (secondary N) is 11. The molecule has 0 radical (unpaired) electrons. The molecular formula is C83H144N14O22. The summed E-state index contributed by atoms with van der Waals surface area (Å²) in [5, 5.41) is 28.8. The second-order valence-corrected chi connectivity index (χ2v) is 33.7. The number of rotatable bonds is 56. The summed E-state index contributed by atoms with van der Waals surface area (Å²) < 4.78 is 44.6. The maximum atomic E-state index is 14.4. The van der Waals surface area contributed by atoms with Crippen LogP contribution in [0, 0.1) is 24.7 Å². The van der Waals surface area contributed by atoms with E-state index in [-0.39, 0.29) is 127 Å². The van der Waals surface area contributed by atoms with Crippen molar-refractivity contribution in [1.29, 1.82) is 0 Å². The Labute approximate surface area is 703 Å². The van der Waals surface area contributed by atoms with Gasteiger partial charge in [-0.25, -0.2) is 14.6 Å². The molecule has 0 saturated heterocycles. The summed E-state index contributed by atoms with van der Waals surface area (Å²) in [6.45, 7) is 31.1. The second-order valence-electron chi connectivity index (χ2n) is 33.7. The van der Waals surface area contributed by atoms with Gasteiger partial charge in [0.1, 0.15) is 71.0 Å². The lowest BCUT2D eigenvalue weighted by Crippen LogP contribution is -2.63. The molecule has 2 rings (SSSR count). The van der Waals surface area contributed by atoms with Gasteiger partial charge < -0.3 is 102 Å². The highest BCUT2D eigenvalue weighted by atomic mass is 16.6. The number of carbonyl (C=O) groups is 14. The van der Waals surface area contributed by atoms with E-state index >= 15 is 0 Å². The number of nitrogens with two attached hydrogens (primary N) is 1. The topological polar surface area (TPSA) is 487 Å². The van der Waals surface area contributed by atoms with Crippen molar-refractivity contribution in [3.8, 4) is 0 Å². The third-order valence-corrected chi connectivity index (χ3v) is 18.2. The Kier molecular flexibility index (Phi) is 51.2. The van der Waals surface area contributed by atoms with Gasteiger partial charge in [-0.15, -0.1) is 0 Å². The van der Waals surface area contributed by atoms with E-state index in [0.717, 1.165) is 31.2 Å². The Morgan fingerprint density at radius 3 is 1.50 bits per heavy atom. The average Bonchev–Trinajstić information content (AvgIpc) is 0.888. The second kappa shape index (κ2) is 57.4. The monoisotopic (exact) mass is 1690 g/mol. The number of amides is 13. The van der Waals surface area contributed by atoms with E-state index in [9.17, 15) is 67.1 Å². The van der Waals surface area contributed by atoms with E-state index in [1.54, 1.807) is 94.5 Å². The Balaban J connectivity index is 2.03. The summed E-state index contributed by atoms with van der Waals surface area (Å²) >= 11 is 0. The number of unbranched alkanes of at least 4 members (excludes halogenated alkanes) is 1. The van der Waals surface area contributed by atoms with Crippen molar-refractivity contribution < 1.29 is 105 Å². The van der Waals surface area contributed by atoms with Crippen LogP contribution >= 0.6 is 0 Å². The first kappa shape index (κ1) is 106. The SMILES string of the molecule is CC[C@H](NC(=O)[C@H](C)NC(=O)[C@H](CC(C)C)NC(=O)[C@H](CC(=O)OC(C)(C)C)NC(=O)CNC(=O)CCCCN(C(=O)OC(C)(C)C)c1cc(C)ccn1)C(=O)N[C@@H](CC(C)C)C(=O)N[C@@H](CCCNC(N)=O)C(=O)NC(C)(C)C(=O)N[C@@H](CC(C)C)C(=O)NCCOCCOCCOCCOCCOCCC(=O)OC1CCCCCCCC1. The van der Waals surface area contributed by atoms with Crippen molar-refractivity contribution in [3.63, 3.8) is 0 Å². The molecular weight excluding hydrogens is 1540 g/mol. The quantitative estimate of drug-likeness (QED) is 0.0229. The summed E-state index contributed by atoms with van der Waals surface area (Å²) in [6.07, 6.45) is 10.3. The molecule has 678 valence electrons. The van der Waals surface area contributed by atoms with Crippen LogP contribution < -0.4 is 69.1 Å². The lowest BCUT2D eigenvalue weighted by molar-refractivity contribution is -0.157. The Hall–Kier alpha value is -8.87. The standard InChI is InChI=1S/C83H144N14O22/c1-18-60(91-71(102)58(9)89-74(105)63(49-55(4)5)94-76(107)65(52-70(101)118-81(10,11)12)90-68(99)53-88-67(98)31-25-26-37-97(80(111)119-82(13,14)15)66-51-57(8)32-35-85-66)73(104)93-64(50-56(6)7)75(106)92-61(30-27-34-87-79(84)110)77(108)96-83(16,17)78(109)95-62(48-54(2)3)72(103)86-36-39-113-41-43-115-45-47-116-46-44-114-42-40-112-38-33-69(100)117-59-28-23-21-19-20-22-24-29-59/h32,35,51,54-56,58-65H,18-31,33-34,36-50,52-53H2,1-17H3,(H,86,103)(H,88,98)(H,89,105)(H,90,99)(H,91,102)(H,92,106)(H,93,104)(H,94,107)(H,95,109)(H,96,108)(H3,84,87,110)/t58-,60-,61-,62-,63-,64-,65-/m0/s1. The Morgan fingerprint density at radius 2 is 0.975 bits per heavy atom. The predicted molar refractivity (Wildman–Crippen MR) is 445 cm³/mol. The van der Waals surface area contributed by atoms with Gasteiger partial charge in [-0.05, 0) is 182 Å². The average molecular weight is 1690 g/mol. The molecule has 0 aliphatic heterocycles. The number of pyridine rings is 1. The molecule has 36 heteroatoms. The van der Waals surface area contributed by atoms with Crippen molar-refractivity contribution in [3.05, 3.63) is 23.9 Å². The minimum absolute atomic E-state index is 0.00258. The Morgan fingerprint density at radius 1 is 0.487 bits per heavy atom. The maximum Gasteiger partial charge on any atom is 0.416 e. The van der Waals surface area contributed by atoms with Gasteiger partial charge in [-0.2, -0.15) is 0 Å². The van der Waals surface area contributed by atoms with Crippen LogP contribution in [0.5, 0.6) is 0 Å². The molecule has 1 aromatic rings. The zero-order chi connectivity index (χ0) is 89.3. The van der Waals surface area contributed by atoms with Gasteiger partial charge in [0.05, 0.1) is 85.5 Å². The number of aryl methyl sites for hydroxylation is 1. The summed E-state index contributed by atoms with van der Waals surface area (Å²) in [4.78, 5) is 195. The zero-order valence-electron chi connectivity index (χ0n) is 73.9. The maximum absolute atomic E-state index is 14.4. The van der Waals surface area contributed by atoms with E-state index in [0.29, 0.717) is 58.3 Å². The normalized spacial score (nSPS) is 14.6. The van der Waals surface area contributed by atoms with Crippen molar-refractivity contribution in [2.45, 2.75) is 305 Å². The first-order chi connectivity index (χ1) is 56.0. The number of esters is 2. The van der Waals surface area contributed by atoms with Gasteiger partial charge in [0.25, 0.3) is 0 Å². The van der Waals surface area contributed by atoms with E-state index < -0.39 is 149 Å². The summed E-state index contributed by atoms with van der Waals surface area (Å²) in [5.41, 5.74) is 2.70. The largest absolute Gasteiger partial charge is 0.462 e. The number of anilines is 1. The van der Waals surface area contributed by atoms with Crippen LogP contribution in [-0.2, 0) is 95.4 Å². The molecule has 0 aromatic carbocycles. The molecule has 1 aliphatic carbocycles. The molecule has 13 N–H and O–H groups in total. The number of ether oxygens (including phenoxy) is 8. The molecule has 0 spiro atoms. The van der Waals surface area contributed by atoms with E-state index in [4.69, 9.17) is 43.6 Å². The highest BCUT2D eigenvalue weighted by Gasteiger charge is 2.38. The summed E-state index contributed by atoms with van der Waals surface area (Å²) in [7, 11) is 0. The molecule has 0 bridgehead atoms. The number of carbonyl (C=O) groups excluding carboxylic acids is 14. The first-order valence-corrected chi connectivity index (χ1v) is 42.2. The molecule has 1 aliphatic rings. The highest BCUT2D eigenvalue weighted by molar-refractivity contribution is 5.99. The van der Waals surface area contributed by atoms with Gasteiger partial charge in [0.15, 0.2) is 0 Å². The summed E-state index contributed by atoms with van der Waals surface area (Å²) in [6, 6.07) is -6.66. The number of urea groups is 1. The van der Waals surface area contributed by atoms with Crippen molar-refractivity contribution in [2.24, 2.45) is 23.5 Å². The third kappa shape index (κ3) is 49.5. The van der Waals surface area contributed by atoms with Crippen LogP contribution in [0.4, 0.5) is 15.4 Å². The van der Waals surface area contributed by atoms with E-state index in [1.165, 1.54) is 51.4 Å². The molecule has 119 heavy (non-hydrogen) atoms. The fourth-order valence-corrected chi connectivity index (χ4v) is 12.1. The third-order valence-electron chi connectivity index (χ3n) is 18.2. The minimum atomic E-state index is -1.69.